The van der Waals surface area contributed by atoms with Crippen LogP contribution in [0.4, 0.5) is 0 Å². The van der Waals surface area contributed by atoms with Crippen molar-refractivity contribution in [1.82, 2.24) is 14.5 Å². The van der Waals surface area contributed by atoms with Crippen molar-refractivity contribution in [3.05, 3.63) is 55.8 Å². The number of aliphatic hydroxyl groups is 1. The molecule has 0 aromatic carbocycles. The van der Waals surface area contributed by atoms with Gasteiger partial charge in [-0.3, -0.25) is 9.97 Å². The molecular weight excluding hydrogens is 338 g/mol. The van der Waals surface area contributed by atoms with Crippen LogP contribution < -0.4 is 17.1 Å². The lowest BCUT2D eigenvalue weighted by Crippen LogP contribution is -2.57. The van der Waals surface area contributed by atoms with Crippen molar-refractivity contribution >= 4 is 11.9 Å². The Balaban J connectivity index is 3.25. The minimum atomic E-state index is -2.54. The number of aromatic nitrogens is 3. The van der Waals surface area contributed by atoms with Gasteiger partial charge in [0.1, 0.15) is 13.2 Å². The number of aromatic amines is 2. The van der Waals surface area contributed by atoms with Gasteiger partial charge in [0.25, 0.3) is 0 Å². The lowest BCUT2D eigenvalue weighted by atomic mass is 10.2. The Hall–Kier alpha value is -3.21. The molecule has 11 nitrogen and oxygen atoms in total. The number of carbonyl (C=O) groups is 2. The average molecular weight is 355 g/mol. The summed E-state index contributed by atoms with van der Waals surface area (Å²) in [5.74, 6) is -1.73. The molecule has 1 aromatic heterocycles. The largest absolute Gasteiger partial charge is 0.457 e. The number of ether oxygens (including phenoxy) is 2. The Morgan fingerprint density at radius 2 is 1.40 bits per heavy atom. The molecule has 1 rings (SSSR count). The van der Waals surface area contributed by atoms with Crippen LogP contribution >= 0.6 is 0 Å². The van der Waals surface area contributed by atoms with Crippen molar-refractivity contribution < 1.29 is 24.2 Å². The van der Waals surface area contributed by atoms with Gasteiger partial charge in [-0.2, -0.15) is 0 Å². The smallest absolute Gasteiger partial charge is 0.336 e. The van der Waals surface area contributed by atoms with E-state index < -0.39 is 47.9 Å². The van der Waals surface area contributed by atoms with Gasteiger partial charge in [0.05, 0.1) is 0 Å². The van der Waals surface area contributed by atoms with Crippen LogP contribution in [0.15, 0.2) is 38.7 Å². The van der Waals surface area contributed by atoms with Gasteiger partial charge in [-0.1, -0.05) is 12.2 Å². The van der Waals surface area contributed by atoms with E-state index in [0.717, 1.165) is 12.2 Å². The van der Waals surface area contributed by atoms with Crippen LogP contribution in [0, 0.1) is 0 Å². The molecule has 0 amide bonds. The fraction of sp³-hybridized carbons (Fsp3) is 0.357. The zero-order chi connectivity index (χ0) is 19.0. The fourth-order valence-corrected chi connectivity index (χ4v) is 1.72. The number of allylic oxidation sites excluding steroid dienone is 2. The Morgan fingerprint density at radius 1 is 1.00 bits per heavy atom. The number of rotatable bonds is 7. The summed E-state index contributed by atoms with van der Waals surface area (Å²) in [6.07, 6.45) is 4.80. The molecule has 0 spiro atoms. The molecule has 0 unspecified atom stereocenters. The Labute approximate surface area is 140 Å². The quantitative estimate of drug-likeness (QED) is 0.378. The minimum Gasteiger partial charge on any atom is -0.457 e. The van der Waals surface area contributed by atoms with E-state index in [1.165, 1.54) is 12.2 Å². The predicted molar refractivity (Wildman–Crippen MR) is 83.7 cm³/mol. The van der Waals surface area contributed by atoms with Crippen molar-refractivity contribution in [2.75, 3.05) is 13.2 Å². The summed E-state index contributed by atoms with van der Waals surface area (Å²) in [4.78, 5) is 61.1. The van der Waals surface area contributed by atoms with E-state index >= 15 is 0 Å². The van der Waals surface area contributed by atoms with Crippen LogP contribution in [-0.2, 0) is 24.8 Å². The maximum Gasteiger partial charge on any atom is 0.336 e. The molecule has 3 N–H and O–H groups in total. The molecule has 11 heteroatoms. The van der Waals surface area contributed by atoms with Crippen molar-refractivity contribution in [1.29, 1.82) is 0 Å². The standard InChI is InChI=1S/C14H17N3O8/c1-3-5-9(18)24-7-14(23,8-25-10(19)6-4-2)17-12(21)15-11(20)16-13(17)22/h3-6,23H,7-8H2,1-2H3,(H2,15,16,20,21,22). The van der Waals surface area contributed by atoms with Gasteiger partial charge in [-0.05, 0) is 13.8 Å². The van der Waals surface area contributed by atoms with Crippen LogP contribution in [0.3, 0.4) is 0 Å². The first-order valence-electron chi connectivity index (χ1n) is 7.01. The van der Waals surface area contributed by atoms with E-state index in [1.807, 2.05) is 0 Å². The molecule has 0 saturated heterocycles. The maximum absolute atomic E-state index is 11.9. The second-order valence-electron chi connectivity index (χ2n) is 4.72. The third kappa shape index (κ3) is 5.42. The van der Waals surface area contributed by atoms with Crippen LogP contribution in [0.25, 0.3) is 0 Å². The molecule has 0 aliphatic carbocycles. The van der Waals surface area contributed by atoms with Gasteiger partial charge in [0, 0.05) is 12.2 Å². The fourth-order valence-electron chi connectivity index (χ4n) is 1.72. The summed E-state index contributed by atoms with van der Waals surface area (Å²) in [5, 5.41) is 10.6. The average Bonchev–Trinajstić information content (AvgIpc) is 2.51. The number of esters is 2. The highest BCUT2D eigenvalue weighted by Gasteiger charge is 2.36. The highest BCUT2D eigenvalue weighted by Crippen LogP contribution is 2.10. The number of hydrogen-bond acceptors (Lipinski definition) is 8. The summed E-state index contributed by atoms with van der Waals surface area (Å²) < 4.78 is 9.67. The van der Waals surface area contributed by atoms with Gasteiger partial charge in [0.15, 0.2) is 0 Å². The highest BCUT2D eigenvalue weighted by atomic mass is 16.6. The summed E-state index contributed by atoms with van der Waals surface area (Å²) >= 11 is 0. The number of carbonyl (C=O) groups excluding carboxylic acids is 2. The third-order valence-corrected chi connectivity index (χ3v) is 2.76. The SMILES string of the molecule is CC=CC(=O)OCC(O)(COC(=O)C=CC)n1c(=O)[nH]c(=O)[nH]c1=O. The molecule has 0 aliphatic rings. The first-order chi connectivity index (χ1) is 11.7. The maximum atomic E-state index is 11.9. The van der Waals surface area contributed by atoms with E-state index in [-0.39, 0.29) is 4.57 Å². The van der Waals surface area contributed by atoms with Gasteiger partial charge in [-0.25, -0.2) is 28.5 Å². The summed E-state index contributed by atoms with van der Waals surface area (Å²) in [6, 6.07) is 0. The number of nitrogens with zero attached hydrogens (tertiary/aromatic N) is 1. The monoisotopic (exact) mass is 355 g/mol. The number of hydrogen-bond donors (Lipinski definition) is 3. The molecule has 0 aliphatic heterocycles. The Morgan fingerprint density at radius 3 is 1.76 bits per heavy atom. The highest BCUT2D eigenvalue weighted by molar-refractivity contribution is 5.82. The molecule has 0 fully saturated rings. The Kier molecular flexibility index (Phi) is 6.81. The van der Waals surface area contributed by atoms with Crippen LogP contribution in [0.1, 0.15) is 13.8 Å². The molecule has 136 valence electrons. The molecule has 0 bridgehead atoms. The minimum absolute atomic E-state index is 0.181. The van der Waals surface area contributed by atoms with Crippen LogP contribution in [0.5, 0.6) is 0 Å². The van der Waals surface area contributed by atoms with Gasteiger partial charge >= 0.3 is 29.0 Å². The summed E-state index contributed by atoms with van der Waals surface area (Å²) in [6.45, 7) is 1.30. The zero-order valence-electron chi connectivity index (χ0n) is 13.5. The van der Waals surface area contributed by atoms with Gasteiger partial charge in [0.2, 0.25) is 5.72 Å². The Bertz CT molecular complexity index is 796. The molecule has 1 aromatic rings. The third-order valence-electron chi connectivity index (χ3n) is 2.76. The first kappa shape index (κ1) is 19.8. The predicted octanol–water partition coefficient (Wildman–Crippen LogP) is -1.89. The van der Waals surface area contributed by atoms with Gasteiger partial charge in [-0.15, -0.1) is 0 Å². The number of H-pyrrole nitrogens is 2. The molecule has 0 radical (unpaired) electrons. The summed E-state index contributed by atoms with van der Waals surface area (Å²) in [5.41, 5.74) is -6.19. The molecule has 25 heavy (non-hydrogen) atoms. The molecule has 0 saturated carbocycles. The second-order valence-corrected chi connectivity index (χ2v) is 4.72. The van der Waals surface area contributed by atoms with E-state index in [4.69, 9.17) is 9.47 Å². The molecular formula is C14H17N3O8. The van der Waals surface area contributed by atoms with E-state index in [1.54, 1.807) is 23.8 Å². The van der Waals surface area contributed by atoms with Crippen molar-refractivity contribution in [3.63, 3.8) is 0 Å². The van der Waals surface area contributed by atoms with Crippen molar-refractivity contribution in [3.8, 4) is 0 Å². The van der Waals surface area contributed by atoms with E-state index in [9.17, 15) is 29.1 Å². The van der Waals surface area contributed by atoms with Crippen molar-refractivity contribution in [2.24, 2.45) is 0 Å². The van der Waals surface area contributed by atoms with E-state index in [2.05, 4.69) is 0 Å². The topological polar surface area (TPSA) is 161 Å². The second kappa shape index (κ2) is 8.59. The first-order valence-corrected chi connectivity index (χ1v) is 7.01. The summed E-state index contributed by atoms with van der Waals surface area (Å²) in [7, 11) is 0. The van der Waals surface area contributed by atoms with E-state index in [0.29, 0.717) is 0 Å². The van der Waals surface area contributed by atoms with Crippen LogP contribution in [-0.4, -0.2) is 44.8 Å². The normalized spacial score (nSPS) is 13.7. The number of nitrogens with one attached hydrogen (secondary N) is 2. The van der Waals surface area contributed by atoms with Crippen LogP contribution in [0.2, 0.25) is 0 Å². The molecule has 0 atom stereocenters. The van der Waals surface area contributed by atoms with Gasteiger partial charge < -0.3 is 14.6 Å². The van der Waals surface area contributed by atoms with Crippen molar-refractivity contribution in [2.45, 2.75) is 19.6 Å². The lowest BCUT2D eigenvalue weighted by Gasteiger charge is -2.27. The zero-order valence-corrected chi connectivity index (χ0v) is 13.5. The molecule has 1 heterocycles. The lowest BCUT2D eigenvalue weighted by molar-refractivity contribution is -0.174.